The lowest BCUT2D eigenvalue weighted by Crippen LogP contribution is -2.46. The van der Waals surface area contributed by atoms with Crippen LogP contribution in [-0.2, 0) is 11.3 Å². The Labute approximate surface area is 137 Å². The number of nitrogens with zero attached hydrogens (tertiary/aromatic N) is 3. The van der Waals surface area contributed by atoms with Crippen molar-refractivity contribution in [1.29, 1.82) is 0 Å². The topological polar surface area (TPSA) is 41.7 Å². The summed E-state index contributed by atoms with van der Waals surface area (Å²) in [6, 6.07) is 8.25. The Hall–Kier alpha value is -1.69. The predicted molar refractivity (Wildman–Crippen MR) is 90.2 cm³/mol. The van der Waals surface area contributed by atoms with Gasteiger partial charge in [-0.25, -0.2) is 4.98 Å². The standard InChI is InChI=1S/C18H25N3O2/c1-14-4-6-15(7-5-14)18-19-16(13-23-18)10-21-8-9-22-17(12-21)11-20(2)3/h4-7,13,17H,8-12H2,1-3H3. The smallest absolute Gasteiger partial charge is 0.226 e. The molecular formula is C18H25N3O2. The van der Waals surface area contributed by atoms with E-state index < -0.39 is 0 Å². The molecule has 1 saturated heterocycles. The predicted octanol–water partition coefficient (Wildman–Crippen LogP) is 2.41. The summed E-state index contributed by atoms with van der Waals surface area (Å²) in [4.78, 5) is 9.18. The number of hydrogen-bond acceptors (Lipinski definition) is 5. The first-order chi connectivity index (χ1) is 11.1. The minimum atomic E-state index is 0.266. The zero-order valence-electron chi connectivity index (χ0n) is 14.2. The molecule has 5 nitrogen and oxygen atoms in total. The van der Waals surface area contributed by atoms with Gasteiger partial charge in [0.2, 0.25) is 5.89 Å². The summed E-state index contributed by atoms with van der Waals surface area (Å²) < 4.78 is 11.5. The molecule has 0 saturated carbocycles. The molecule has 1 aromatic heterocycles. The van der Waals surface area contributed by atoms with Crippen LogP contribution in [-0.4, -0.2) is 61.2 Å². The van der Waals surface area contributed by atoms with Crippen LogP contribution in [0.3, 0.4) is 0 Å². The molecule has 1 aliphatic rings. The van der Waals surface area contributed by atoms with Crippen molar-refractivity contribution in [3.05, 3.63) is 41.8 Å². The highest BCUT2D eigenvalue weighted by atomic mass is 16.5. The second-order valence-corrected chi connectivity index (χ2v) is 6.50. The summed E-state index contributed by atoms with van der Waals surface area (Å²) in [6.45, 7) is 6.49. The SMILES string of the molecule is Cc1ccc(-c2nc(CN3CCOC(CN(C)C)C3)co2)cc1. The fraction of sp³-hybridized carbons (Fsp3) is 0.500. The highest BCUT2D eigenvalue weighted by molar-refractivity contribution is 5.53. The van der Waals surface area contributed by atoms with Crippen LogP contribution in [0.5, 0.6) is 0 Å². The number of morpholine rings is 1. The van der Waals surface area contributed by atoms with Crippen molar-refractivity contribution in [2.24, 2.45) is 0 Å². The Morgan fingerprint density at radius 3 is 2.78 bits per heavy atom. The largest absolute Gasteiger partial charge is 0.444 e. The number of hydrogen-bond donors (Lipinski definition) is 0. The third kappa shape index (κ3) is 4.41. The van der Waals surface area contributed by atoms with E-state index in [4.69, 9.17) is 9.15 Å². The van der Waals surface area contributed by atoms with Crippen molar-refractivity contribution in [3.8, 4) is 11.5 Å². The molecule has 0 aliphatic carbocycles. The molecule has 0 N–H and O–H groups in total. The van der Waals surface area contributed by atoms with Crippen molar-refractivity contribution in [1.82, 2.24) is 14.8 Å². The van der Waals surface area contributed by atoms with Crippen LogP contribution >= 0.6 is 0 Å². The molecule has 0 radical (unpaired) electrons. The zero-order chi connectivity index (χ0) is 16.2. The van der Waals surface area contributed by atoms with Gasteiger partial charge in [0.15, 0.2) is 0 Å². The van der Waals surface area contributed by atoms with Gasteiger partial charge >= 0.3 is 0 Å². The summed E-state index contributed by atoms with van der Waals surface area (Å²) in [5.74, 6) is 0.693. The molecule has 124 valence electrons. The maximum Gasteiger partial charge on any atom is 0.226 e. The minimum absolute atomic E-state index is 0.266. The van der Waals surface area contributed by atoms with E-state index in [-0.39, 0.29) is 6.10 Å². The first-order valence-electron chi connectivity index (χ1n) is 8.10. The number of likely N-dealkylation sites (N-methyl/N-ethyl adjacent to an activating group) is 1. The molecule has 1 aliphatic heterocycles. The van der Waals surface area contributed by atoms with Gasteiger partial charge in [-0.2, -0.15) is 0 Å². The lowest BCUT2D eigenvalue weighted by atomic mass is 10.1. The van der Waals surface area contributed by atoms with Gasteiger partial charge in [-0.05, 0) is 33.2 Å². The maximum absolute atomic E-state index is 5.82. The van der Waals surface area contributed by atoms with E-state index in [9.17, 15) is 0 Å². The maximum atomic E-state index is 5.82. The van der Waals surface area contributed by atoms with Gasteiger partial charge in [0, 0.05) is 31.7 Å². The number of aryl methyl sites for hydroxylation is 1. The molecule has 2 heterocycles. The lowest BCUT2D eigenvalue weighted by Gasteiger charge is -2.33. The third-order valence-corrected chi connectivity index (χ3v) is 4.03. The number of oxazole rings is 1. The fourth-order valence-electron chi connectivity index (χ4n) is 2.88. The van der Waals surface area contributed by atoms with Gasteiger partial charge in [0.25, 0.3) is 0 Å². The van der Waals surface area contributed by atoms with Gasteiger partial charge in [0.05, 0.1) is 18.4 Å². The van der Waals surface area contributed by atoms with Crippen LogP contribution in [0.1, 0.15) is 11.3 Å². The van der Waals surface area contributed by atoms with E-state index in [1.165, 1.54) is 5.56 Å². The van der Waals surface area contributed by atoms with E-state index in [0.29, 0.717) is 5.89 Å². The van der Waals surface area contributed by atoms with Crippen molar-refractivity contribution in [3.63, 3.8) is 0 Å². The summed E-state index contributed by atoms with van der Waals surface area (Å²) in [5.41, 5.74) is 3.24. The van der Waals surface area contributed by atoms with Gasteiger partial charge < -0.3 is 14.1 Å². The molecule has 5 heteroatoms. The third-order valence-electron chi connectivity index (χ3n) is 4.03. The molecule has 2 aromatic rings. The Bertz CT molecular complexity index is 621. The van der Waals surface area contributed by atoms with Gasteiger partial charge in [0.1, 0.15) is 6.26 Å². The van der Waals surface area contributed by atoms with Crippen LogP contribution in [0.15, 0.2) is 34.9 Å². The normalized spacial score (nSPS) is 19.4. The molecule has 1 aromatic carbocycles. The van der Waals surface area contributed by atoms with E-state index in [2.05, 4.69) is 47.9 Å². The van der Waals surface area contributed by atoms with E-state index in [1.54, 1.807) is 6.26 Å². The molecule has 1 fully saturated rings. The summed E-state index contributed by atoms with van der Waals surface area (Å²) >= 11 is 0. The lowest BCUT2D eigenvalue weighted by molar-refractivity contribution is -0.0410. The van der Waals surface area contributed by atoms with Gasteiger partial charge in [-0.1, -0.05) is 17.7 Å². The van der Waals surface area contributed by atoms with Crippen molar-refractivity contribution < 1.29 is 9.15 Å². The fourth-order valence-corrected chi connectivity index (χ4v) is 2.88. The quantitative estimate of drug-likeness (QED) is 0.847. The van der Waals surface area contributed by atoms with Gasteiger partial charge in [-0.3, -0.25) is 4.90 Å². The van der Waals surface area contributed by atoms with Crippen LogP contribution in [0.25, 0.3) is 11.5 Å². The monoisotopic (exact) mass is 315 g/mol. The van der Waals surface area contributed by atoms with E-state index in [0.717, 1.165) is 44.0 Å². The summed E-state index contributed by atoms with van der Waals surface area (Å²) in [7, 11) is 4.15. The number of rotatable bonds is 5. The molecule has 1 atom stereocenters. The molecular weight excluding hydrogens is 290 g/mol. The van der Waals surface area contributed by atoms with E-state index in [1.807, 2.05) is 12.1 Å². The number of aromatic nitrogens is 1. The second kappa shape index (κ2) is 7.25. The molecule has 23 heavy (non-hydrogen) atoms. The number of ether oxygens (including phenoxy) is 1. The van der Waals surface area contributed by atoms with Crippen molar-refractivity contribution >= 4 is 0 Å². The van der Waals surface area contributed by atoms with E-state index >= 15 is 0 Å². The van der Waals surface area contributed by atoms with Crippen LogP contribution in [0.4, 0.5) is 0 Å². The molecule has 0 bridgehead atoms. The Balaban J connectivity index is 1.61. The first-order valence-corrected chi connectivity index (χ1v) is 8.10. The average molecular weight is 315 g/mol. The highest BCUT2D eigenvalue weighted by Gasteiger charge is 2.22. The summed E-state index contributed by atoms with van der Waals surface area (Å²) in [5, 5.41) is 0. The molecule has 0 spiro atoms. The molecule has 1 unspecified atom stereocenters. The molecule has 3 rings (SSSR count). The Morgan fingerprint density at radius 2 is 2.04 bits per heavy atom. The minimum Gasteiger partial charge on any atom is -0.444 e. The zero-order valence-corrected chi connectivity index (χ0v) is 14.2. The summed E-state index contributed by atoms with van der Waals surface area (Å²) in [6.07, 6.45) is 2.04. The van der Waals surface area contributed by atoms with Crippen LogP contribution < -0.4 is 0 Å². The van der Waals surface area contributed by atoms with Crippen LogP contribution in [0, 0.1) is 6.92 Å². The Kier molecular flexibility index (Phi) is 5.10. The Morgan fingerprint density at radius 1 is 1.26 bits per heavy atom. The van der Waals surface area contributed by atoms with Crippen LogP contribution in [0.2, 0.25) is 0 Å². The highest BCUT2D eigenvalue weighted by Crippen LogP contribution is 2.20. The van der Waals surface area contributed by atoms with Crippen molar-refractivity contribution in [2.75, 3.05) is 40.3 Å². The second-order valence-electron chi connectivity index (χ2n) is 6.50. The van der Waals surface area contributed by atoms with Gasteiger partial charge in [-0.15, -0.1) is 0 Å². The first kappa shape index (κ1) is 16.2. The number of benzene rings is 1. The average Bonchev–Trinajstić information content (AvgIpc) is 2.96. The molecule has 0 amide bonds. The van der Waals surface area contributed by atoms with Crippen molar-refractivity contribution in [2.45, 2.75) is 19.6 Å².